The quantitative estimate of drug-likeness (QED) is 0.855. The van der Waals surface area contributed by atoms with E-state index in [1.165, 1.54) is 0 Å². The van der Waals surface area contributed by atoms with Crippen LogP contribution in [0.25, 0.3) is 0 Å². The molecule has 0 aromatic carbocycles. The molecular formula is C14H22N2O2S. The van der Waals surface area contributed by atoms with Crippen LogP contribution in [0.2, 0.25) is 0 Å². The van der Waals surface area contributed by atoms with Crippen LogP contribution in [-0.2, 0) is 10.0 Å². The summed E-state index contributed by atoms with van der Waals surface area (Å²) in [4.78, 5) is 4.42. The maximum atomic E-state index is 12.6. The van der Waals surface area contributed by atoms with Gasteiger partial charge in [0.05, 0.1) is 5.69 Å². The third-order valence-corrected chi connectivity index (χ3v) is 6.05. The van der Waals surface area contributed by atoms with Gasteiger partial charge >= 0.3 is 0 Å². The first-order valence-electron chi connectivity index (χ1n) is 6.84. The van der Waals surface area contributed by atoms with Crippen molar-refractivity contribution in [2.24, 2.45) is 11.8 Å². The van der Waals surface area contributed by atoms with Crippen LogP contribution in [0.15, 0.2) is 23.2 Å². The Bertz CT molecular complexity index is 532. The van der Waals surface area contributed by atoms with Gasteiger partial charge in [-0.3, -0.25) is 4.98 Å². The highest BCUT2D eigenvalue weighted by molar-refractivity contribution is 7.89. The SMILES string of the molecule is Cc1ncccc1S(=O)(=O)N1CCC(C(C)C)CC1. The fourth-order valence-electron chi connectivity index (χ4n) is 2.66. The number of aryl methyl sites for hydroxylation is 1. The first kappa shape index (κ1) is 14.5. The van der Waals surface area contributed by atoms with E-state index in [0.29, 0.717) is 35.5 Å². The van der Waals surface area contributed by atoms with Gasteiger partial charge in [0.15, 0.2) is 0 Å². The summed E-state index contributed by atoms with van der Waals surface area (Å²) in [5.74, 6) is 1.27. The molecule has 1 aromatic heterocycles. The van der Waals surface area contributed by atoms with Crippen molar-refractivity contribution in [3.05, 3.63) is 24.0 Å². The smallest absolute Gasteiger partial charge is 0.244 e. The lowest BCUT2D eigenvalue weighted by Crippen LogP contribution is -2.39. The molecule has 0 radical (unpaired) electrons. The molecule has 0 atom stereocenters. The summed E-state index contributed by atoms with van der Waals surface area (Å²) in [7, 11) is -3.37. The van der Waals surface area contributed by atoms with Crippen molar-refractivity contribution >= 4 is 10.0 Å². The van der Waals surface area contributed by atoms with Crippen LogP contribution >= 0.6 is 0 Å². The van der Waals surface area contributed by atoms with E-state index in [2.05, 4.69) is 18.8 Å². The van der Waals surface area contributed by atoms with Crippen molar-refractivity contribution in [1.82, 2.24) is 9.29 Å². The minimum absolute atomic E-state index is 0.345. The maximum Gasteiger partial charge on any atom is 0.244 e. The van der Waals surface area contributed by atoms with E-state index in [9.17, 15) is 8.42 Å². The molecule has 0 N–H and O–H groups in total. The van der Waals surface area contributed by atoms with Gasteiger partial charge in [-0.15, -0.1) is 0 Å². The molecule has 0 unspecified atom stereocenters. The van der Waals surface area contributed by atoms with Gasteiger partial charge in [-0.05, 0) is 43.7 Å². The highest BCUT2D eigenvalue weighted by Gasteiger charge is 2.31. The summed E-state index contributed by atoms with van der Waals surface area (Å²) >= 11 is 0. The minimum Gasteiger partial charge on any atom is -0.260 e. The zero-order chi connectivity index (χ0) is 14.0. The van der Waals surface area contributed by atoms with Crippen LogP contribution in [0.5, 0.6) is 0 Å². The molecule has 5 heteroatoms. The van der Waals surface area contributed by atoms with Crippen LogP contribution in [-0.4, -0.2) is 30.8 Å². The third kappa shape index (κ3) is 2.98. The Balaban J connectivity index is 2.17. The molecule has 1 fully saturated rings. The van der Waals surface area contributed by atoms with Gasteiger partial charge in [-0.2, -0.15) is 4.31 Å². The normalized spacial score (nSPS) is 18.9. The van der Waals surface area contributed by atoms with E-state index in [1.54, 1.807) is 29.6 Å². The molecule has 106 valence electrons. The van der Waals surface area contributed by atoms with Gasteiger partial charge in [0, 0.05) is 19.3 Å². The molecule has 2 heterocycles. The van der Waals surface area contributed by atoms with Crippen LogP contribution < -0.4 is 0 Å². The van der Waals surface area contributed by atoms with E-state index < -0.39 is 10.0 Å². The lowest BCUT2D eigenvalue weighted by atomic mass is 9.87. The summed E-state index contributed by atoms with van der Waals surface area (Å²) < 4.78 is 26.7. The van der Waals surface area contributed by atoms with Gasteiger partial charge in [-0.1, -0.05) is 13.8 Å². The summed E-state index contributed by atoms with van der Waals surface area (Å²) in [5, 5.41) is 0. The Morgan fingerprint density at radius 1 is 1.32 bits per heavy atom. The third-order valence-electron chi connectivity index (χ3n) is 4.02. The zero-order valence-corrected chi connectivity index (χ0v) is 12.7. The number of hydrogen-bond acceptors (Lipinski definition) is 3. The van der Waals surface area contributed by atoms with Crippen molar-refractivity contribution < 1.29 is 8.42 Å². The number of piperidine rings is 1. The summed E-state index contributed by atoms with van der Waals surface area (Å²) in [5.41, 5.74) is 0.577. The second-order valence-electron chi connectivity index (χ2n) is 5.57. The molecule has 0 spiro atoms. The van der Waals surface area contributed by atoms with Crippen molar-refractivity contribution in [2.75, 3.05) is 13.1 Å². The van der Waals surface area contributed by atoms with Crippen molar-refractivity contribution in [3.63, 3.8) is 0 Å². The number of rotatable bonds is 3. The Labute approximate surface area is 115 Å². The molecule has 1 aliphatic rings. The average molecular weight is 282 g/mol. The zero-order valence-electron chi connectivity index (χ0n) is 11.8. The molecule has 1 saturated heterocycles. The minimum atomic E-state index is -3.37. The second-order valence-corrected chi connectivity index (χ2v) is 7.48. The van der Waals surface area contributed by atoms with Gasteiger partial charge in [0.1, 0.15) is 4.90 Å². The van der Waals surface area contributed by atoms with Crippen LogP contribution in [0, 0.1) is 18.8 Å². The Hall–Kier alpha value is -0.940. The largest absolute Gasteiger partial charge is 0.260 e. The first-order valence-corrected chi connectivity index (χ1v) is 8.28. The Morgan fingerprint density at radius 2 is 1.95 bits per heavy atom. The topological polar surface area (TPSA) is 50.3 Å². The number of sulfonamides is 1. The van der Waals surface area contributed by atoms with Gasteiger partial charge in [-0.25, -0.2) is 8.42 Å². The lowest BCUT2D eigenvalue weighted by molar-refractivity contribution is 0.226. The molecule has 19 heavy (non-hydrogen) atoms. The van der Waals surface area contributed by atoms with Gasteiger partial charge < -0.3 is 0 Å². The molecule has 0 saturated carbocycles. The standard InChI is InChI=1S/C14H22N2O2S/c1-11(2)13-6-9-16(10-7-13)19(17,18)14-5-4-8-15-12(14)3/h4-5,8,11,13H,6-7,9-10H2,1-3H3. The Kier molecular flexibility index (Phi) is 4.26. The summed E-state index contributed by atoms with van der Waals surface area (Å²) in [6.45, 7) is 7.41. The molecule has 0 amide bonds. The highest BCUT2D eigenvalue weighted by Crippen LogP contribution is 2.28. The van der Waals surface area contributed by atoms with Crippen molar-refractivity contribution in [2.45, 2.75) is 38.5 Å². The number of aromatic nitrogens is 1. The maximum absolute atomic E-state index is 12.6. The molecule has 0 bridgehead atoms. The fraction of sp³-hybridized carbons (Fsp3) is 0.643. The van der Waals surface area contributed by atoms with Crippen molar-refractivity contribution in [3.8, 4) is 0 Å². The van der Waals surface area contributed by atoms with E-state index in [0.717, 1.165) is 12.8 Å². The van der Waals surface area contributed by atoms with Crippen LogP contribution in [0.1, 0.15) is 32.4 Å². The van der Waals surface area contributed by atoms with Gasteiger partial charge in [0.2, 0.25) is 10.0 Å². The van der Waals surface area contributed by atoms with Gasteiger partial charge in [0.25, 0.3) is 0 Å². The van der Waals surface area contributed by atoms with Crippen LogP contribution in [0.3, 0.4) is 0 Å². The van der Waals surface area contributed by atoms with E-state index in [-0.39, 0.29) is 0 Å². The van der Waals surface area contributed by atoms with E-state index in [4.69, 9.17) is 0 Å². The average Bonchev–Trinajstić information content (AvgIpc) is 2.39. The van der Waals surface area contributed by atoms with Crippen molar-refractivity contribution in [1.29, 1.82) is 0 Å². The molecule has 1 aromatic rings. The monoisotopic (exact) mass is 282 g/mol. The van der Waals surface area contributed by atoms with E-state index in [1.807, 2.05) is 0 Å². The molecule has 1 aliphatic heterocycles. The number of hydrogen-bond donors (Lipinski definition) is 0. The molecule has 2 rings (SSSR count). The predicted molar refractivity (Wildman–Crippen MR) is 75.3 cm³/mol. The Morgan fingerprint density at radius 3 is 2.47 bits per heavy atom. The first-order chi connectivity index (χ1) is 8.93. The highest BCUT2D eigenvalue weighted by atomic mass is 32.2. The number of pyridine rings is 1. The predicted octanol–water partition coefficient (Wildman–Crippen LogP) is 2.45. The second kappa shape index (κ2) is 5.59. The lowest BCUT2D eigenvalue weighted by Gasteiger charge is -2.33. The summed E-state index contributed by atoms with van der Waals surface area (Å²) in [6.07, 6.45) is 3.53. The molecule has 4 nitrogen and oxygen atoms in total. The molecular weight excluding hydrogens is 260 g/mol. The van der Waals surface area contributed by atoms with E-state index >= 15 is 0 Å². The number of nitrogens with zero attached hydrogens (tertiary/aromatic N) is 2. The fourth-order valence-corrected chi connectivity index (χ4v) is 4.31. The summed E-state index contributed by atoms with van der Waals surface area (Å²) in [6, 6.07) is 3.33. The molecule has 0 aliphatic carbocycles. The van der Waals surface area contributed by atoms with Crippen LogP contribution in [0.4, 0.5) is 0 Å².